The van der Waals surface area contributed by atoms with E-state index in [-0.39, 0.29) is 0 Å². The number of nitrogens with one attached hydrogen (secondary N) is 1. The van der Waals surface area contributed by atoms with E-state index in [0.717, 1.165) is 56.7 Å². The summed E-state index contributed by atoms with van der Waals surface area (Å²) in [5, 5.41) is 7.45. The van der Waals surface area contributed by atoms with Crippen LogP contribution in [0.5, 0.6) is 0 Å². The Balaban J connectivity index is 1.48. The SMILES string of the molecule is CN=C(NCc1nccn1CC(C)C)N1CCN(Cc2ccon2)CC1. The average Bonchev–Trinajstić information content (AvgIpc) is 3.28. The zero-order valence-corrected chi connectivity index (χ0v) is 15.9. The number of imidazole rings is 1. The second kappa shape index (κ2) is 8.84. The minimum Gasteiger partial charge on any atom is -0.364 e. The Kier molecular flexibility index (Phi) is 6.27. The van der Waals surface area contributed by atoms with E-state index in [1.807, 2.05) is 25.5 Å². The molecule has 1 N–H and O–H groups in total. The number of nitrogens with zero attached hydrogens (tertiary/aromatic N) is 6. The Morgan fingerprint density at radius 2 is 2.12 bits per heavy atom. The summed E-state index contributed by atoms with van der Waals surface area (Å²) < 4.78 is 7.12. The molecule has 0 atom stereocenters. The molecule has 1 fully saturated rings. The number of aliphatic imine (C=N–C) groups is 1. The van der Waals surface area contributed by atoms with Crippen LogP contribution in [0.25, 0.3) is 0 Å². The first-order chi connectivity index (χ1) is 12.7. The predicted molar refractivity (Wildman–Crippen MR) is 101 cm³/mol. The fourth-order valence-electron chi connectivity index (χ4n) is 3.22. The molecule has 0 saturated carbocycles. The van der Waals surface area contributed by atoms with E-state index in [1.54, 1.807) is 6.26 Å². The van der Waals surface area contributed by atoms with Crippen molar-refractivity contribution in [3.63, 3.8) is 0 Å². The van der Waals surface area contributed by atoms with E-state index >= 15 is 0 Å². The lowest BCUT2D eigenvalue weighted by atomic mass is 10.2. The second-order valence-corrected chi connectivity index (χ2v) is 7.04. The van der Waals surface area contributed by atoms with Crippen molar-refractivity contribution in [3.05, 3.63) is 36.2 Å². The van der Waals surface area contributed by atoms with Crippen molar-refractivity contribution < 1.29 is 4.52 Å². The van der Waals surface area contributed by atoms with Crippen molar-refractivity contribution in [2.24, 2.45) is 10.9 Å². The monoisotopic (exact) mass is 359 g/mol. The van der Waals surface area contributed by atoms with Crippen molar-refractivity contribution >= 4 is 5.96 Å². The number of guanidine groups is 1. The van der Waals surface area contributed by atoms with Gasteiger partial charge >= 0.3 is 0 Å². The molecule has 26 heavy (non-hydrogen) atoms. The first kappa shape index (κ1) is 18.4. The van der Waals surface area contributed by atoms with Crippen molar-refractivity contribution in [1.29, 1.82) is 0 Å². The van der Waals surface area contributed by atoms with Crippen LogP contribution in [0, 0.1) is 5.92 Å². The number of hydrogen-bond donors (Lipinski definition) is 1. The smallest absolute Gasteiger partial charge is 0.194 e. The second-order valence-electron chi connectivity index (χ2n) is 7.04. The fraction of sp³-hybridized carbons (Fsp3) is 0.611. The van der Waals surface area contributed by atoms with Crippen LogP contribution in [-0.2, 0) is 19.6 Å². The van der Waals surface area contributed by atoms with E-state index in [1.165, 1.54) is 0 Å². The molecule has 0 spiro atoms. The van der Waals surface area contributed by atoms with E-state index in [4.69, 9.17) is 4.52 Å². The molecule has 2 aromatic heterocycles. The first-order valence-electron chi connectivity index (χ1n) is 9.23. The summed E-state index contributed by atoms with van der Waals surface area (Å²) in [7, 11) is 1.84. The van der Waals surface area contributed by atoms with Gasteiger partial charge in [-0.2, -0.15) is 0 Å². The van der Waals surface area contributed by atoms with Crippen molar-refractivity contribution in [3.8, 4) is 0 Å². The summed E-state index contributed by atoms with van der Waals surface area (Å²) in [6.07, 6.45) is 5.54. The van der Waals surface area contributed by atoms with Crippen LogP contribution in [0.3, 0.4) is 0 Å². The Morgan fingerprint density at radius 1 is 1.31 bits per heavy atom. The quantitative estimate of drug-likeness (QED) is 0.621. The summed E-state index contributed by atoms with van der Waals surface area (Å²) >= 11 is 0. The van der Waals surface area contributed by atoms with Gasteiger partial charge in [-0.15, -0.1) is 0 Å². The molecule has 0 aromatic carbocycles. The predicted octanol–water partition coefficient (Wildman–Crippen LogP) is 1.42. The number of aromatic nitrogens is 3. The molecule has 1 saturated heterocycles. The highest BCUT2D eigenvalue weighted by atomic mass is 16.5. The Labute approximate surface area is 154 Å². The van der Waals surface area contributed by atoms with Crippen molar-refractivity contribution in [2.45, 2.75) is 33.5 Å². The number of rotatable bonds is 6. The highest BCUT2D eigenvalue weighted by Gasteiger charge is 2.20. The summed E-state index contributed by atoms with van der Waals surface area (Å²) in [5.74, 6) is 2.58. The van der Waals surface area contributed by atoms with Gasteiger partial charge in [-0.25, -0.2) is 4.98 Å². The van der Waals surface area contributed by atoms with Gasteiger partial charge in [0.15, 0.2) is 5.96 Å². The van der Waals surface area contributed by atoms with Crippen LogP contribution in [0.4, 0.5) is 0 Å². The van der Waals surface area contributed by atoms with Gasteiger partial charge in [0.2, 0.25) is 0 Å². The van der Waals surface area contributed by atoms with Gasteiger partial charge in [-0.1, -0.05) is 19.0 Å². The molecular formula is C18H29N7O. The summed E-state index contributed by atoms with van der Waals surface area (Å²) in [6.45, 7) is 10.8. The number of hydrogen-bond acceptors (Lipinski definition) is 5. The molecule has 8 nitrogen and oxygen atoms in total. The van der Waals surface area contributed by atoms with Gasteiger partial charge in [0.1, 0.15) is 12.1 Å². The van der Waals surface area contributed by atoms with Crippen LogP contribution in [0.1, 0.15) is 25.4 Å². The van der Waals surface area contributed by atoms with E-state index in [0.29, 0.717) is 12.5 Å². The standard InChI is InChI=1S/C18H29N7O/c1-15(2)13-25-6-5-20-17(25)12-21-18(19-3)24-9-7-23(8-10-24)14-16-4-11-26-22-16/h4-6,11,15H,7-10,12-14H2,1-3H3,(H,19,21). The zero-order chi connectivity index (χ0) is 18.4. The van der Waals surface area contributed by atoms with Crippen LogP contribution in [-0.4, -0.2) is 63.7 Å². The minimum atomic E-state index is 0.597. The first-order valence-corrected chi connectivity index (χ1v) is 9.23. The third kappa shape index (κ3) is 4.85. The average molecular weight is 359 g/mol. The molecule has 0 radical (unpaired) electrons. The minimum absolute atomic E-state index is 0.597. The lowest BCUT2D eigenvalue weighted by molar-refractivity contribution is 0.169. The molecular weight excluding hydrogens is 330 g/mol. The van der Waals surface area contributed by atoms with E-state index in [9.17, 15) is 0 Å². The maximum Gasteiger partial charge on any atom is 0.194 e. The van der Waals surface area contributed by atoms with Crippen molar-refractivity contribution in [1.82, 2.24) is 29.8 Å². The lowest BCUT2D eigenvalue weighted by Crippen LogP contribution is -2.52. The molecule has 142 valence electrons. The molecule has 0 amide bonds. The van der Waals surface area contributed by atoms with Gasteiger partial charge in [0.25, 0.3) is 0 Å². The molecule has 0 aliphatic carbocycles. The zero-order valence-electron chi connectivity index (χ0n) is 15.9. The summed E-state index contributed by atoms with van der Waals surface area (Å²) in [5.41, 5.74) is 0.984. The van der Waals surface area contributed by atoms with Crippen LogP contribution in [0.2, 0.25) is 0 Å². The summed E-state index contributed by atoms with van der Waals surface area (Å²) in [4.78, 5) is 13.6. The maximum absolute atomic E-state index is 4.91. The molecule has 1 aliphatic rings. The highest BCUT2D eigenvalue weighted by Crippen LogP contribution is 2.08. The van der Waals surface area contributed by atoms with Crippen LogP contribution >= 0.6 is 0 Å². The van der Waals surface area contributed by atoms with E-state index in [2.05, 4.69) is 48.7 Å². The van der Waals surface area contributed by atoms with Gasteiger partial charge in [-0.3, -0.25) is 9.89 Å². The highest BCUT2D eigenvalue weighted by molar-refractivity contribution is 5.79. The topological polar surface area (TPSA) is 74.7 Å². The molecule has 1 aliphatic heterocycles. The van der Waals surface area contributed by atoms with Gasteiger partial charge in [0.05, 0.1) is 12.2 Å². The lowest BCUT2D eigenvalue weighted by Gasteiger charge is -2.36. The van der Waals surface area contributed by atoms with Crippen LogP contribution < -0.4 is 5.32 Å². The third-order valence-electron chi connectivity index (χ3n) is 4.53. The summed E-state index contributed by atoms with van der Waals surface area (Å²) in [6, 6.07) is 1.92. The molecule has 3 heterocycles. The van der Waals surface area contributed by atoms with Crippen LogP contribution in [0.15, 0.2) is 34.2 Å². The molecule has 3 rings (SSSR count). The molecule has 0 unspecified atom stereocenters. The molecule has 8 heteroatoms. The van der Waals surface area contributed by atoms with Crippen molar-refractivity contribution in [2.75, 3.05) is 33.2 Å². The maximum atomic E-state index is 4.91. The molecule has 0 bridgehead atoms. The Bertz CT molecular complexity index is 684. The van der Waals surface area contributed by atoms with Gasteiger partial charge in [-0.05, 0) is 5.92 Å². The fourth-order valence-corrected chi connectivity index (χ4v) is 3.22. The normalized spacial score (nSPS) is 16.5. The Morgan fingerprint density at radius 3 is 2.77 bits per heavy atom. The molecule has 2 aromatic rings. The van der Waals surface area contributed by atoms with Gasteiger partial charge < -0.3 is 19.3 Å². The largest absolute Gasteiger partial charge is 0.364 e. The third-order valence-corrected chi connectivity index (χ3v) is 4.53. The van der Waals surface area contributed by atoms with E-state index < -0.39 is 0 Å². The van der Waals surface area contributed by atoms with Gasteiger partial charge in [0, 0.05) is 64.8 Å². The number of piperazine rings is 1. The Hall–Kier alpha value is -2.35.